The van der Waals surface area contributed by atoms with E-state index >= 15 is 0 Å². The average molecular weight is 326 g/mol. The lowest BCUT2D eigenvalue weighted by Crippen LogP contribution is -2.35. The van der Waals surface area contributed by atoms with Crippen LogP contribution in [0, 0.1) is 5.92 Å². The number of piperidine rings is 1. The first kappa shape index (κ1) is 16.2. The van der Waals surface area contributed by atoms with Gasteiger partial charge in [-0.25, -0.2) is 9.97 Å². The van der Waals surface area contributed by atoms with Crippen LogP contribution in [-0.4, -0.2) is 36.1 Å². The van der Waals surface area contributed by atoms with Gasteiger partial charge in [0, 0.05) is 25.5 Å². The molecular formula is C18H22N4O2. The number of carbonyl (C=O) groups is 1. The maximum Gasteiger partial charge on any atom is 0.258 e. The summed E-state index contributed by atoms with van der Waals surface area (Å²) in [4.78, 5) is 23.3. The molecule has 0 spiro atoms. The van der Waals surface area contributed by atoms with E-state index in [1.54, 1.807) is 31.6 Å². The second-order valence-corrected chi connectivity index (χ2v) is 6.12. The first-order valence-electron chi connectivity index (χ1n) is 8.18. The zero-order chi connectivity index (χ0) is 16.9. The SMILES string of the molecule is COc1ccccc1NC(=O)c1cnc(N2CCCC(C)C2)nc1. The topological polar surface area (TPSA) is 67.3 Å². The molecule has 6 heteroatoms. The minimum absolute atomic E-state index is 0.252. The highest BCUT2D eigenvalue weighted by Crippen LogP contribution is 2.24. The van der Waals surface area contributed by atoms with E-state index < -0.39 is 0 Å². The summed E-state index contributed by atoms with van der Waals surface area (Å²) in [6.07, 6.45) is 5.55. The highest BCUT2D eigenvalue weighted by Gasteiger charge is 2.19. The fraction of sp³-hybridized carbons (Fsp3) is 0.389. The van der Waals surface area contributed by atoms with Crippen molar-refractivity contribution >= 4 is 17.5 Å². The van der Waals surface area contributed by atoms with Gasteiger partial charge in [-0.05, 0) is 30.9 Å². The van der Waals surface area contributed by atoms with E-state index in [9.17, 15) is 4.79 Å². The second-order valence-electron chi connectivity index (χ2n) is 6.12. The van der Waals surface area contributed by atoms with Gasteiger partial charge in [0.25, 0.3) is 5.91 Å². The molecule has 1 unspecified atom stereocenters. The number of hydrogen-bond donors (Lipinski definition) is 1. The molecule has 126 valence electrons. The molecule has 1 aliphatic heterocycles. The van der Waals surface area contributed by atoms with Gasteiger partial charge in [0.1, 0.15) is 5.75 Å². The molecule has 1 fully saturated rings. The van der Waals surface area contributed by atoms with Crippen molar-refractivity contribution in [3.63, 3.8) is 0 Å². The van der Waals surface area contributed by atoms with Crippen molar-refractivity contribution in [2.45, 2.75) is 19.8 Å². The fourth-order valence-corrected chi connectivity index (χ4v) is 2.92. The minimum Gasteiger partial charge on any atom is -0.495 e. The molecule has 0 saturated carbocycles. The Morgan fingerprint density at radius 1 is 1.29 bits per heavy atom. The van der Waals surface area contributed by atoms with E-state index in [-0.39, 0.29) is 5.91 Å². The molecule has 0 aliphatic carbocycles. The number of nitrogens with zero attached hydrogens (tertiary/aromatic N) is 3. The molecule has 2 heterocycles. The molecule has 1 aromatic carbocycles. The average Bonchev–Trinajstić information content (AvgIpc) is 2.62. The van der Waals surface area contributed by atoms with E-state index in [4.69, 9.17) is 4.74 Å². The molecule has 1 aliphatic rings. The summed E-state index contributed by atoms with van der Waals surface area (Å²) >= 11 is 0. The molecule has 1 N–H and O–H groups in total. The van der Waals surface area contributed by atoms with Gasteiger partial charge in [-0.15, -0.1) is 0 Å². The molecule has 3 rings (SSSR count). The number of hydrogen-bond acceptors (Lipinski definition) is 5. The molecule has 1 saturated heterocycles. The highest BCUT2D eigenvalue weighted by molar-refractivity contribution is 6.04. The van der Waals surface area contributed by atoms with E-state index in [0.29, 0.717) is 28.9 Å². The molecular weight excluding hydrogens is 304 g/mol. The third-order valence-corrected chi connectivity index (χ3v) is 4.20. The molecule has 24 heavy (non-hydrogen) atoms. The first-order chi connectivity index (χ1) is 11.7. The highest BCUT2D eigenvalue weighted by atomic mass is 16.5. The number of nitrogens with one attached hydrogen (secondary N) is 1. The van der Waals surface area contributed by atoms with Gasteiger partial charge < -0.3 is 15.0 Å². The van der Waals surface area contributed by atoms with E-state index in [1.807, 2.05) is 12.1 Å². The van der Waals surface area contributed by atoms with Gasteiger partial charge in [0.15, 0.2) is 0 Å². The summed E-state index contributed by atoms with van der Waals surface area (Å²) in [5.41, 5.74) is 1.05. The van der Waals surface area contributed by atoms with Gasteiger partial charge in [-0.1, -0.05) is 19.1 Å². The van der Waals surface area contributed by atoms with Gasteiger partial charge in [-0.3, -0.25) is 4.79 Å². The zero-order valence-corrected chi connectivity index (χ0v) is 14.0. The minimum atomic E-state index is -0.252. The predicted octanol–water partition coefficient (Wildman–Crippen LogP) is 2.97. The van der Waals surface area contributed by atoms with Crippen molar-refractivity contribution in [3.8, 4) is 5.75 Å². The number of benzene rings is 1. The van der Waals surface area contributed by atoms with Crippen molar-refractivity contribution in [1.82, 2.24) is 9.97 Å². The molecule has 2 aromatic rings. The Balaban J connectivity index is 1.70. The third kappa shape index (κ3) is 3.64. The Hall–Kier alpha value is -2.63. The second kappa shape index (κ2) is 7.29. The largest absolute Gasteiger partial charge is 0.495 e. The van der Waals surface area contributed by atoms with Crippen molar-refractivity contribution in [2.75, 3.05) is 30.4 Å². The zero-order valence-electron chi connectivity index (χ0n) is 14.0. The standard InChI is InChI=1S/C18H22N4O2/c1-13-6-5-9-22(12-13)18-19-10-14(11-20-18)17(23)21-15-7-3-4-8-16(15)24-2/h3-4,7-8,10-11,13H,5-6,9,12H2,1-2H3,(H,21,23). The van der Waals surface area contributed by atoms with E-state index in [2.05, 4.69) is 27.1 Å². The van der Waals surface area contributed by atoms with Crippen LogP contribution in [-0.2, 0) is 0 Å². The summed E-state index contributed by atoms with van der Waals surface area (Å²) in [7, 11) is 1.57. The van der Waals surface area contributed by atoms with Gasteiger partial charge in [0.05, 0.1) is 18.4 Å². The van der Waals surface area contributed by atoms with Crippen molar-refractivity contribution in [1.29, 1.82) is 0 Å². The number of carbonyl (C=O) groups excluding carboxylic acids is 1. The third-order valence-electron chi connectivity index (χ3n) is 4.20. The lowest BCUT2D eigenvalue weighted by atomic mass is 10.0. The van der Waals surface area contributed by atoms with Crippen LogP contribution in [0.4, 0.5) is 11.6 Å². The van der Waals surface area contributed by atoms with Crippen LogP contribution in [0.5, 0.6) is 5.75 Å². The van der Waals surface area contributed by atoms with Crippen LogP contribution in [0.25, 0.3) is 0 Å². The van der Waals surface area contributed by atoms with Gasteiger partial charge in [0.2, 0.25) is 5.95 Å². The quantitative estimate of drug-likeness (QED) is 0.935. The summed E-state index contributed by atoms with van der Waals surface area (Å²) in [5, 5.41) is 2.83. The molecule has 1 aromatic heterocycles. The van der Waals surface area contributed by atoms with Crippen molar-refractivity contribution in [2.24, 2.45) is 5.92 Å². The van der Waals surface area contributed by atoms with Crippen LogP contribution in [0.2, 0.25) is 0 Å². The monoisotopic (exact) mass is 326 g/mol. The van der Waals surface area contributed by atoms with E-state index in [1.165, 1.54) is 6.42 Å². The van der Waals surface area contributed by atoms with Crippen molar-refractivity contribution in [3.05, 3.63) is 42.2 Å². The number of para-hydroxylation sites is 2. The normalized spacial score (nSPS) is 17.4. The molecule has 0 bridgehead atoms. The Labute approximate surface area is 141 Å². The van der Waals surface area contributed by atoms with E-state index in [0.717, 1.165) is 19.5 Å². The van der Waals surface area contributed by atoms with Crippen LogP contribution in [0.3, 0.4) is 0 Å². The lowest BCUT2D eigenvalue weighted by Gasteiger charge is -2.30. The molecule has 1 atom stereocenters. The van der Waals surface area contributed by atoms with Gasteiger partial charge >= 0.3 is 0 Å². The Morgan fingerprint density at radius 2 is 2.04 bits per heavy atom. The Bertz CT molecular complexity index is 702. The molecule has 1 amide bonds. The van der Waals surface area contributed by atoms with Crippen LogP contribution < -0.4 is 15.0 Å². The molecule has 6 nitrogen and oxygen atoms in total. The Kier molecular flexibility index (Phi) is 4.93. The van der Waals surface area contributed by atoms with Crippen LogP contribution in [0.15, 0.2) is 36.7 Å². The Morgan fingerprint density at radius 3 is 2.75 bits per heavy atom. The lowest BCUT2D eigenvalue weighted by molar-refractivity contribution is 0.102. The van der Waals surface area contributed by atoms with Crippen LogP contribution in [0.1, 0.15) is 30.1 Å². The number of ether oxygens (including phenoxy) is 1. The summed E-state index contributed by atoms with van der Waals surface area (Å²) in [6, 6.07) is 7.29. The maximum absolute atomic E-state index is 12.4. The molecule has 0 radical (unpaired) electrons. The fourth-order valence-electron chi connectivity index (χ4n) is 2.92. The number of anilines is 2. The van der Waals surface area contributed by atoms with Crippen molar-refractivity contribution < 1.29 is 9.53 Å². The summed E-state index contributed by atoms with van der Waals surface area (Å²) in [6.45, 7) is 4.17. The summed E-state index contributed by atoms with van der Waals surface area (Å²) < 4.78 is 5.24. The van der Waals surface area contributed by atoms with Gasteiger partial charge in [-0.2, -0.15) is 0 Å². The summed E-state index contributed by atoms with van der Waals surface area (Å²) in [5.74, 6) is 1.70. The first-order valence-corrected chi connectivity index (χ1v) is 8.18. The smallest absolute Gasteiger partial charge is 0.258 e. The van der Waals surface area contributed by atoms with Crippen LogP contribution >= 0.6 is 0 Å². The predicted molar refractivity (Wildman–Crippen MR) is 93.6 cm³/mol. The maximum atomic E-state index is 12.4. The number of aromatic nitrogens is 2. The number of methoxy groups -OCH3 is 1. The number of rotatable bonds is 4. The number of amides is 1.